The summed E-state index contributed by atoms with van der Waals surface area (Å²) in [5.74, 6) is -0.941. The standard InChI is InChI=1S/C18H19NO3/c1-3-22-18(16-5-4-10-19-12-16)15-8-6-14(7-9-15)13(2)11-17(20)21/h4-12,18H,3H2,1-2H3,(H,20,21). The van der Waals surface area contributed by atoms with Gasteiger partial charge in [-0.3, -0.25) is 4.98 Å². The summed E-state index contributed by atoms with van der Waals surface area (Å²) in [4.78, 5) is 14.9. The molecule has 0 aliphatic heterocycles. The number of pyridine rings is 1. The molecular weight excluding hydrogens is 278 g/mol. The maximum atomic E-state index is 10.7. The number of allylic oxidation sites excluding steroid dienone is 1. The van der Waals surface area contributed by atoms with Gasteiger partial charge in [-0.15, -0.1) is 0 Å². The Hall–Kier alpha value is -2.46. The van der Waals surface area contributed by atoms with Crippen LogP contribution in [0.4, 0.5) is 0 Å². The Labute approximate surface area is 130 Å². The lowest BCUT2D eigenvalue weighted by Crippen LogP contribution is -2.06. The van der Waals surface area contributed by atoms with Gasteiger partial charge in [0, 0.05) is 30.6 Å². The molecule has 0 aliphatic rings. The Morgan fingerprint density at radius 1 is 1.27 bits per heavy atom. The first-order valence-corrected chi connectivity index (χ1v) is 7.15. The fraction of sp³-hybridized carbons (Fsp3) is 0.222. The molecule has 1 heterocycles. The Morgan fingerprint density at radius 3 is 2.55 bits per heavy atom. The smallest absolute Gasteiger partial charge is 0.328 e. The van der Waals surface area contributed by atoms with Crippen LogP contribution in [0.3, 0.4) is 0 Å². The maximum absolute atomic E-state index is 10.7. The lowest BCUT2D eigenvalue weighted by Gasteiger charge is -2.18. The van der Waals surface area contributed by atoms with Crippen molar-refractivity contribution in [2.75, 3.05) is 6.61 Å². The third kappa shape index (κ3) is 4.02. The minimum absolute atomic E-state index is 0.170. The molecule has 1 N–H and O–H groups in total. The minimum Gasteiger partial charge on any atom is -0.478 e. The molecule has 1 aromatic carbocycles. The van der Waals surface area contributed by atoms with Crippen molar-refractivity contribution in [1.82, 2.24) is 4.98 Å². The largest absolute Gasteiger partial charge is 0.478 e. The molecule has 2 rings (SSSR count). The van der Waals surface area contributed by atoms with Crippen molar-refractivity contribution in [2.24, 2.45) is 0 Å². The van der Waals surface area contributed by atoms with E-state index in [2.05, 4.69) is 4.98 Å². The van der Waals surface area contributed by atoms with Crippen molar-refractivity contribution >= 4 is 11.5 Å². The molecule has 0 fully saturated rings. The lowest BCUT2D eigenvalue weighted by atomic mass is 9.99. The van der Waals surface area contributed by atoms with Gasteiger partial charge in [0.15, 0.2) is 0 Å². The summed E-state index contributed by atoms with van der Waals surface area (Å²) in [5.41, 5.74) is 3.61. The summed E-state index contributed by atoms with van der Waals surface area (Å²) < 4.78 is 5.83. The molecule has 0 saturated heterocycles. The van der Waals surface area contributed by atoms with Gasteiger partial charge in [-0.1, -0.05) is 30.3 Å². The summed E-state index contributed by atoms with van der Waals surface area (Å²) in [6, 6.07) is 11.6. The van der Waals surface area contributed by atoms with Gasteiger partial charge in [-0.05, 0) is 36.6 Å². The second-order valence-electron chi connectivity index (χ2n) is 4.91. The highest BCUT2D eigenvalue weighted by Crippen LogP contribution is 2.26. The summed E-state index contributed by atoms with van der Waals surface area (Å²) in [6.07, 6.45) is 4.56. The maximum Gasteiger partial charge on any atom is 0.328 e. The van der Waals surface area contributed by atoms with Gasteiger partial charge in [-0.2, -0.15) is 0 Å². The van der Waals surface area contributed by atoms with Crippen molar-refractivity contribution in [3.05, 3.63) is 71.6 Å². The van der Waals surface area contributed by atoms with Crippen LogP contribution in [-0.2, 0) is 9.53 Å². The third-order valence-corrected chi connectivity index (χ3v) is 3.33. The summed E-state index contributed by atoms with van der Waals surface area (Å²) in [6.45, 7) is 4.33. The average Bonchev–Trinajstić information content (AvgIpc) is 2.53. The average molecular weight is 297 g/mol. The topological polar surface area (TPSA) is 59.4 Å². The van der Waals surface area contributed by atoms with E-state index in [9.17, 15) is 4.79 Å². The van der Waals surface area contributed by atoms with Gasteiger partial charge in [0.1, 0.15) is 6.10 Å². The number of carboxylic acid groups (broad SMARTS) is 1. The minimum atomic E-state index is -0.941. The first-order valence-electron chi connectivity index (χ1n) is 7.15. The summed E-state index contributed by atoms with van der Waals surface area (Å²) in [5, 5.41) is 8.80. The molecule has 0 aliphatic carbocycles. The SMILES string of the molecule is CCOC(c1ccc(C(C)=CC(=O)O)cc1)c1cccnc1. The van der Waals surface area contributed by atoms with E-state index in [1.54, 1.807) is 19.3 Å². The van der Waals surface area contributed by atoms with Gasteiger partial charge in [-0.25, -0.2) is 4.79 Å². The monoisotopic (exact) mass is 297 g/mol. The van der Waals surface area contributed by atoms with E-state index in [0.29, 0.717) is 12.2 Å². The molecule has 0 bridgehead atoms. The molecule has 114 valence electrons. The van der Waals surface area contributed by atoms with Crippen LogP contribution in [-0.4, -0.2) is 22.7 Å². The zero-order valence-corrected chi connectivity index (χ0v) is 12.7. The highest BCUT2D eigenvalue weighted by Gasteiger charge is 2.14. The predicted molar refractivity (Wildman–Crippen MR) is 85.4 cm³/mol. The fourth-order valence-corrected chi connectivity index (χ4v) is 2.27. The van der Waals surface area contributed by atoms with E-state index in [0.717, 1.165) is 16.7 Å². The first-order chi connectivity index (χ1) is 10.6. The van der Waals surface area contributed by atoms with Crippen LogP contribution < -0.4 is 0 Å². The molecule has 0 saturated carbocycles. The second kappa shape index (κ2) is 7.52. The normalized spacial score (nSPS) is 12.9. The molecule has 4 heteroatoms. The van der Waals surface area contributed by atoms with Crippen LogP contribution in [0.2, 0.25) is 0 Å². The van der Waals surface area contributed by atoms with E-state index in [1.807, 2.05) is 43.3 Å². The quantitative estimate of drug-likeness (QED) is 0.826. The molecule has 4 nitrogen and oxygen atoms in total. The van der Waals surface area contributed by atoms with Crippen molar-refractivity contribution < 1.29 is 14.6 Å². The van der Waals surface area contributed by atoms with Gasteiger partial charge < -0.3 is 9.84 Å². The van der Waals surface area contributed by atoms with E-state index < -0.39 is 5.97 Å². The van der Waals surface area contributed by atoms with E-state index in [4.69, 9.17) is 9.84 Å². The molecule has 1 unspecified atom stereocenters. The molecule has 1 atom stereocenters. The summed E-state index contributed by atoms with van der Waals surface area (Å²) in [7, 11) is 0. The highest BCUT2D eigenvalue weighted by molar-refractivity contribution is 5.89. The number of aromatic nitrogens is 1. The molecule has 0 amide bonds. The number of ether oxygens (including phenoxy) is 1. The predicted octanol–water partition coefficient (Wildman–Crippen LogP) is 3.70. The number of carbonyl (C=O) groups is 1. The first kappa shape index (κ1) is 15.9. The van der Waals surface area contributed by atoms with Crippen molar-refractivity contribution in [3.63, 3.8) is 0 Å². The zero-order chi connectivity index (χ0) is 15.9. The number of nitrogens with zero attached hydrogens (tertiary/aromatic N) is 1. The highest BCUT2D eigenvalue weighted by atomic mass is 16.5. The summed E-state index contributed by atoms with van der Waals surface area (Å²) >= 11 is 0. The van der Waals surface area contributed by atoms with Gasteiger partial charge in [0.2, 0.25) is 0 Å². The Kier molecular flexibility index (Phi) is 5.44. The third-order valence-electron chi connectivity index (χ3n) is 3.33. The van der Waals surface area contributed by atoms with Crippen LogP contribution in [0.15, 0.2) is 54.9 Å². The molecule has 0 radical (unpaired) electrons. The molecule has 0 spiro atoms. The number of rotatable bonds is 6. The van der Waals surface area contributed by atoms with Crippen LogP contribution in [0, 0.1) is 0 Å². The van der Waals surface area contributed by atoms with Crippen LogP contribution in [0.5, 0.6) is 0 Å². The van der Waals surface area contributed by atoms with Crippen LogP contribution in [0.1, 0.15) is 36.6 Å². The van der Waals surface area contributed by atoms with Gasteiger partial charge in [0.05, 0.1) is 0 Å². The number of benzene rings is 1. The van der Waals surface area contributed by atoms with E-state index >= 15 is 0 Å². The number of hydrogen-bond acceptors (Lipinski definition) is 3. The van der Waals surface area contributed by atoms with Crippen molar-refractivity contribution in [1.29, 1.82) is 0 Å². The van der Waals surface area contributed by atoms with Crippen molar-refractivity contribution in [3.8, 4) is 0 Å². The van der Waals surface area contributed by atoms with Gasteiger partial charge >= 0.3 is 5.97 Å². The Balaban J connectivity index is 2.29. The fourth-order valence-electron chi connectivity index (χ4n) is 2.27. The van der Waals surface area contributed by atoms with Crippen molar-refractivity contribution in [2.45, 2.75) is 20.0 Å². The second-order valence-corrected chi connectivity index (χ2v) is 4.91. The lowest BCUT2D eigenvalue weighted by molar-refractivity contribution is -0.131. The Morgan fingerprint density at radius 2 is 2.00 bits per heavy atom. The molecular formula is C18H19NO3. The molecule has 22 heavy (non-hydrogen) atoms. The number of hydrogen-bond donors (Lipinski definition) is 1. The van der Waals surface area contributed by atoms with E-state index in [-0.39, 0.29) is 6.10 Å². The van der Waals surface area contributed by atoms with Crippen LogP contribution >= 0.6 is 0 Å². The molecule has 2 aromatic rings. The Bertz CT molecular complexity index is 648. The van der Waals surface area contributed by atoms with Crippen LogP contribution in [0.25, 0.3) is 5.57 Å². The molecule has 1 aromatic heterocycles. The van der Waals surface area contributed by atoms with Gasteiger partial charge in [0.25, 0.3) is 0 Å². The number of carboxylic acids is 1. The zero-order valence-electron chi connectivity index (χ0n) is 12.7. The van der Waals surface area contributed by atoms with E-state index in [1.165, 1.54) is 6.08 Å². The number of aliphatic carboxylic acids is 1.